The van der Waals surface area contributed by atoms with Gasteiger partial charge in [0.1, 0.15) is 11.5 Å². The van der Waals surface area contributed by atoms with Gasteiger partial charge >= 0.3 is 0 Å². The Morgan fingerprint density at radius 3 is 2.25 bits per heavy atom. The van der Waals surface area contributed by atoms with Crippen molar-refractivity contribution in [2.24, 2.45) is 0 Å². The molecule has 5 heteroatoms. The number of Topliss-reactive ketones (excluding diaryl/α,β-unsaturated/α-hetero) is 1. The van der Waals surface area contributed by atoms with Crippen LogP contribution in [-0.4, -0.2) is 31.2 Å². The van der Waals surface area contributed by atoms with Gasteiger partial charge in [0.25, 0.3) is 0 Å². The Morgan fingerprint density at radius 1 is 1.00 bits per heavy atom. The number of carbonyl (C=O) groups is 1. The summed E-state index contributed by atoms with van der Waals surface area (Å²) in [5, 5.41) is 10.4. The SMILES string of the molecule is CCCc1c(OCCCCOc2ccc(C)cc2OC)ccc(C(C)=O)c1O. The van der Waals surface area contributed by atoms with Crippen LogP contribution >= 0.6 is 0 Å². The second-order valence-electron chi connectivity index (χ2n) is 6.80. The molecule has 1 N–H and O–H groups in total. The van der Waals surface area contributed by atoms with E-state index in [2.05, 4.69) is 0 Å². The van der Waals surface area contributed by atoms with Crippen LogP contribution in [0.5, 0.6) is 23.0 Å². The molecule has 0 bridgehead atoms. The number of phenols is 1. The highest BCUT2D eigenvalue weighted by atomic mass is 16.5. The Morgan fingerprint density at radius 2 is 1.64 bits per heavy atom. The lowest BCUT2D eigenvalue weighted by Gasteiger charge is -2.15. The summed E-state index contributed by atoms with van der Waals surface area (Å²) in [4.78, 5) is 11.6. The maximum Gasteiger partial charge on any atom is 0.163 e. The molecule has 28 heavy (non-hydrogen) atoms. The molecule has 0 fully saturated rings. The van der Waals surface area contributed by atoms with Gasteiger partial charge in [-0.3, -0.25) is 4.79 Å². The average molecular weight is 386 g/mol. The van der Waals surface area contributed by atoms with Crippen molar-refractivity contribution in [1.29, 1.82) is 0 Å². The van der Waals surface area contributed by atoms with Crippen molar-refractivity contribution in [1.82, 2.24) is 0 Å². The molecule has 2 rings (SSSR count). The second kappa shape index (κ2) is 10.6. The third kappa shape index (κ3) is 5.65. The first-order valence-corrected chi connectivity index (χ1v) is 9.74. The predicted octanol–water partition coefficient (Wildman–Crippen LogP) is 5.10. The first-order valence-electron chi connectivity index (χ1n) is 9.74. The number of carbonyl (C=O) groups excluding carboxylic acids is 1. The van der Waals surface area contributed by atoms with Crippen molar-refractivity contribution in [3.05, 3.63) is 47.0 Å². The third-order valence-corrected chi connectivity index (χ3v) is 4.49. The molecule has 0 spiro atoms. The number of ether oxygens (including phenoxy) is 3. The molecule has 0 aromatic heterocycles. The molecule has 152 valence electrons. The van der Waals surface area contributed by atoms with Crippen molar-refractivity contribution in [3.8, 4) is 23.0 Å². The fraction of sp³-hybridized carbons (Fsp3) is 0.435. The van der Waals surface area contributed by atoms with E-state index in [-0.39, 0.29) is 11.5 Å². The lowest BCUT2D eigenvalue weighted by atomic mass is 10.0. The minimum Gasteiger partial charge on any atom is -0.507 e. The third-order valence-electron chi connectivity index (χ3n) is 4.49. The van der Waals surface area contributed by atoms with E-state index in [4.69, 9.17) is 14.2 Å². The lowest BCUT2D eigenvalue weighted by Crippen LogP contribution is -2.06. The largest absolute Gasteiger partial charge is 0.507 e. The molecular weight excluding hydrogens is 356 g/mol. The average Bonchev–Trinajstić information content (AvgIpc) is 2.67. The van der Waals surface area contributed by atoms with Gasteiger partial charge in [-0.25, -0.2) is 0 Å². The summed E-state index contributed by atoms with van der Waals surface area (Å²) in [6, 6.07) is 9.26. The van der Waals surface area contributed by atoms with Gasteiger partial charge in [0.05, 0.1) is 25.9 Å². The van der Waals surface area contributed by atoms with Gasteiger partial charge in [0.15, 0.2) is 17.3 Å². The number of ketones is 1. The number of rotatable bonds is 11. The monoisotopic (exact) mass is 386 g/mol. The van der Waals surface area contributed by atoms with Crippen molar-refractivity contribution in [3.63, 3.8) is 0 Å². The topological polar surface area (TPSA) is 65.0 Å². The molecule has 2 aromatic carbocycles. The van der Waals surface area contributed by atoms with E-state index in [0.29, 0.717) is 36.5 Å². The highest BCUT2D eigenvalue weighted by Crippen LogP contribution is 2.33. The summed E-state index contributed by atoms with van der Waals surface area (Å²) in [5.74, 6) is 2.02. The number of hydrogen-bond acceptors (Lipinski definition) is 5. The van der Waals surface area contributed by atoms with Crippen LogP contribution in [0, 0.1) is 6.92 Å². The number of methoxy groups -OCH3 is 1. The minimum absolute atomic E-state index is 0.0432. The summed E-state index contributed by atoms with van der Waals surface area (Å²) < 4.78 is 17.0. The molecule has 2 aromatic rings. The highest BCUT2D eigenvalue weighted by Gasteiger charge is 2.15. The summed E-state index contributed by atoms with van der Waals surface area (Å²) >= 11 is 0. The molecule has 0 heterocycles. The normalized spacial score (nSPS) is 10.6. The van der Waals surface area contributed by atoms with E-state index >= 15 is 0 Å². The van der Waals surface area contributed by atoms with Crippen LogP contribution < -0.4 is 14.2 Å². The molecule has 0 aliphatic heterocycles. The summed E-state index contributed by atoms with van der Waals surface area (Å²) in [5.41, 5.74) is 2.17. The summed E-state index contributed by atoms with van der Waals surface area (Å²) in [7, 11) is 1.64. The van der Waals surface area contributed by atoms with Crippen LogP contribution in [0.4, 0.5) is 0 Å². The van der Waals surface area contributed by atoms with Crippen molar-refractivity contribution < 1.29 is 24.1 Å². The number of hydrogen-bond donors (Lipinski definition) is 1. The molecule has 0 aliphatic carbocycles. The van der Waals surface area contributed by atoms with Crippen molar-refractivity contribution in [2.45, 2.75) is 46.5 Å². The highest BCUT2D eigenvalue weighted by molar-refractivity contribution is 5.97. The van der Waals surface area contributed by atoms with Gasteiger partial charge in [-0.05, 0) is 62.9 Å². The second-order valence-corrected chi connectivity index (χ2v) is 6.80. The van der Waals surface area contributed by atoms with Crippen LogP contribution in [0.25, 0.3) is 0 Å². The van der Waals surface area contributed by atoms with Crippen LogP contribution in [0.3, 0.4) is 0 Å². The fourth-order valence-corrected chi connectivity index (χ4v) is 2.99. The zero-order valence-electron chi connectivity index (χ0n) is 17.2. The Balaban J connectivity index is 1.85. The Kier molecular flexibility index (Phi) is 8.18. The number of phenolic OH excluding ortho intramolecular Hbond substituents is 1. The maximum absolute atomic E-state index is 11.6. The predicted molar refractivity (Wildman–Crippen MR) is 110 cm³/mol. The molecular formula is C23H30O5. The molecule has 5 nitrogen and oxygen atoms in total. The smallest absolute Gasteiger partial charge is 0.163 e. The molecule has 0 radical (unpaired) electrons. The van der Waals surface area contributed by atoms with E-state index < -0.39 is 0 Å². The van der Waals surface area contributed by atoms with Gasteiger partial charge in [-0.1, -0.05) is 19.4 Å². The molecule has 0 saturated heterocycles. The number of benzene rings is 2. The van der Waals surface area contributed by atoms with E-state index in [1.54, 1.807) is 19.2 Å². The zero-order valence-corrected chi connectivity index (χ0v) is 17.2. The molecule has 0 unspecified atom stereocenters. The van der Waals surface area contributed by atoms with Crippen LogP contribution in [-0.2, 0) is 6.42 Å². The quantitative estimate of drug-likeness (QED) is 0.430. The Labute approximate surface area is 167 Å². The number of aryl methyl sites for hydroxylation is 1. The van der Waals surface area contributed by atoms with E-state index in [9.17, 15) is 9.90 Å². The number of aromatic hydroxyl groups is 1. The molecule has 0 amide bonds. The lowest BCUT2D eigenvalue weighted by molar-refractivity contribution is 0.101. The Bertz CT molecular complexity index is 798. The van der Waals surface area contributed by atoms with Gasteiger partial charge in [-0.15, -0.1) is 0 Å². The van der Waals surface area contributed by atoms with E-state index in [0.717, 1.165) is 36.3 Å². The van der Waals surface area contributed by atoms with Gasteiger partial charge in [-0.2, -0.15) is 0 Å². The van der Waals surface area contributed by atoms with Crippen LogP contribution in [0.15, 0.2) is 30.3 Å². The van der Waals surface area contributed by atoms with Crippen LogP contribution in [0.2, 0.25) is 0 Å². The molecule has 0 saturated carbocycles. The van der Waals surface area contributed by atoms with Gasteiger partial charge in [0.2, 0.25) is 0 Å². The molecule has 0 aliphatic rings. The van der Waals surface area contributed by atoms with Gasteiger partial charge in [0, 0.05) is 5.56 Å². The minimum atomic E-state index is -0.148. The first kappa shape index (κ1) is 21.6. The van der Waals surface area contributed by atoms with Crippen molar-refractivity contribution >= 4 is 5.78 Å². The summed E-state index contributed by atoms with van der Waals surface area (Å²) in [6.07, 6.45) is 3.17. The van der Waals surface area contributed by atoms with Crippen LogP contribution in [0.1, 0.15) is 54.6 Å². The number of unbranched alkanes of at least 4 members (excludes halogenated alkanes) is 1. The standard InChI is InChI=1S/C23H30O5/c1-5-8-19-20(12-10-18(17(3)24)23(19)25)27-13-6-7-14-28-21-11-9-16(2)15-22(21)26-4/h9-12,15,25H,5-8,13-14H2,1-4H3. The fourth-order valence-electron chi connectivity index (χ4n) is 2.99. The summed E-state index contributed by atoms with van der Waals surface area (Å²) in [6.45, 7) is 6.58. The zero-order chi connectivity index (χ0) is 20.5. The van der Waals surface area contributed by atoms with E-state index in [1.165, 1.54) is 6.92 Å². The van der Waals surface area contributed by atoms with E-state index in [1.807, 2.05) is 32.0 Å². The van der Waals surface area contributed by atoms with Crippen molar-refractivity contribution in [2.75, 3.05) is 20.3 Å². The Hall–Kier alpha value is -2.69. The molecule has 0 atom stereocenters. The maximum atomic E-state index is 11.6. The van der Waals surface area contributed by atoms with Gasteiger partial charge < -0.3 is 19.3 Å². The first-order chi connectivity index (χ1) is 13.5.